The van der Waals surface area contributed by atoms with Gasteiger partial charge in [0.05, 0.1) is 25.8 Å². The highest BCUT2D eigenvalue weighted by Gasteiger charge is 2.24. The van der Waals surface area contributed by atoms with Crippen LogP contribution in [0.2, 0.25) is 0 Å². The summed E-state index contributed by atoms with van der Waals surface area (Å²) in [7, 11) is 0. The number of hydrogen-bond donors (Lipinski definition) is 2. The van der Waals surface area contributed by atoms with E-state index in [1.165, 1.54) is 30.5 Å². The Labute approximate surface area is 199 Å². The molecule has 3 rings (SSSR count). The van der Waals surface area contributed by atoms with Gasteiger partial charge in [0, 0.05) is 32.2 Å². The lowest BCUT2D eigenvalue weighted by atomic mass is 10.0. The lowest BCUT2D eigenvalue weighted by molar-refractivity contribution is 0.0179. The Morgan fingerprint density at radius 1 is 1.20 bits per heavy atom. The molecule has 2 aliphatic rings. The van der Waals surface area contributed by atoms with Crippen LogP contribution in [0.1, 0.15) is 43.9 Å². The number of guanidine groups is 1. The van der Waals surface area contributed by atoms with Crippen molar-refractivity contribution < 1.29 is 4.74 Å². The minimum Gasteiger partial charge on any atom is -0.379 e. The maximum Gasteiger partial charge on any atom is 0.191 e. The van der Waals surface area contributed by atoms with E-state index in [0.717, 1.165) is 58.4 Å². The molecule has 2 unspecified atom stereocenters. The van der Waals surface area contributed by atoms with Gasteiger partial charge >= 0.3 is 0 Å². The quantitative estimate of drug-likeness (QED) is 0.308. The molecule has 2 fully saturated rings. The van der Waals surface area contributed by atoms with E-state index in [-0.39, 0.29) is 30.0 Å². The van der Waals surface area contributed by atoms with Crippen LogP contribution in [0.25, 0.3) is 0 Å². The molecule has 2 aliphatic heterocycles. The normalized spacial score (nSPS) is 21.8. The van der Waals surface area contributed by atoms with Gasteiger partial charge in [-0.25, -0.2) is 0 Å². The highest BCUT2D eigenvalue weighted by Crippen LogP contribution is 2.23. The van der Waals surface area contributed by atoms with Crippen LogP contribution in [-0.2, 0) is 4.74 Å². The first-order valence-corrected chi connectivity index (χ1v) is 11.4. The summed E-state index contributed by atoms with van der Waals surface area (Å²) in [6.45, 7) is 15.0. The number of hydrogen-bond acceptors (Lipinski definition) is 4. The van der Waals surface area contributed by atoms with Crippen LogP contribution < -0.4 is 10.6 Å². The average Bonchev–Trinajstić information content (AvgIpc) is 3.20. The number of halogens is 1. The van der Waals surface area contributed by atoms with E-state index in [1.807, 2.05) is 0 Å². The Kier molecular flexibility index (Phi) is 11.4. The van der Waals surface area contributed by atoms with Crippen molar-refractivity contribution in [1.29, 1.82) is 0 Å². The maximum atomic E-state index is 5.58. The van der Waals surface area contributed by atoms with Crippen LogP contribution in [0, 0.1) is 6.92 Å². The summed E-state index contributed by atoms with van der Waals surface area (Å²) in [5, 5.41) is 7.04. The number of rotatable bonds is 8. The van der Waals surface area contributed by atoms with E-state index in [1.54, 1.807) is 0 Å². The molecule has 1 aromatic carbocycles. The molecule has 0 radical (unpaired) electrons. The Hall–Kier alpha value is -0.900. The number of ether oxygens (including phenoxy) is 1. The first-order valence-electron chi connectivity index (χ1n) is 11.4. The minimum absolute atomic E-state index is 0. The van der Waals surface area contributed by atoms with Crippen molar-refractivity contribution in [1.82, 2.24) is 20.4 Å². The summed E-state index contributed by atoms with van der Waals surface area (Å²) in [5.41, 5.74) is 2.65. The van der Waals surface area contributed by atoms with Gasteiger partial charge in [-0.3, -0.25) is 14.8 Å². The van der Waals surface area contributed by atoms with E-state index < -0.39 is 0 Å². The molecular weight excluding hydrogens is 489 g/mol. The number of likely N-dealkylation sites (tertiary alicyclic amines) is 1. The summed E-state index contributed by atoms with van der Waals surface area (Å²) in [4.78, 5) is 10.1. The van der Waals surface area contributed by atoms with Gasteiger partial charge in [0.2, 0.25) is 0 Å². The van der Waals surface area contributed by atoms with Gasteiger partial charge in [0.1, 0.15) is 0 Å². The van der Waals surface area contributed by atoms with Crippen LogP contribution in [0.5, 0.6) is 0 Å². The van der Waals surface area contributed by atoms with E-state index >= 15 is 0 Å². The maximum absolute atomic E-state index is 5.58. The Balaban J connectivity index is 0.00000320. The number of nitrogens with zero attached hydrogens (tertiary/aromatic N) is 3. The molecule has 6 nitrogen and oxygen atoms in total. The number of benzene rings is 1. The van der Waals surface area contributed by atoms with Crippen LogP contribution in [0.15, 0.2) is 29.3 Å². The zero-order valence-electron chi connectivity index (χ0n) is 18.9. The van der Waals surface area contributed by atoms with E-state index in [2.05, 4.69) is 65.5 Å². The fraction of sp³-hybridized carbons (Fsp3) is 0.696. The fourth-order valence-corrected chi connectivity index (χ4v) is 4.47. The third-order valence-corrected chi connectivity index (χ3v) is 6.09. The zero-order chi connectivity index (χ0) is 20.5. The molecule has 0 bridgehead atoms. The molecular formula is C23H40IN5O. The topological polar surface area (TPSA) is 52.1 Å². The van der Waals surface area contributed by atoms with Gasteiger partial charge in [-0.1, -0.05) is 36.8 Å². The fourth-order valence-electron chi connectivity index (χ4n) is 4.47. The largest absolute Gasteiger partial charge is 0.379 e. The number of morpholine rings is 1. The number of nitrogens with one attached hydrogen (secondary N) is 2. The second kappa shape index (κ2) is 13.5. The first kappa shape index (κ1) is 25.4. The van der Waals surface area contributed by atoms with Crippen molar-refractivity contribution >= 4 is 29.9 Å². The zero-order valence-corrected chi connectivity index (χ0v) is 21.2. The molecule has 0 spiro atoms. The van der Waals surface area contributed by atoms with Crippen molar-refractivity contribution in [2.75, 3.05) is 59.0 Å². The van der Waals surface area contributed by atoms with Gasteiger partial charge in [0.15, 0.2) is 5.96 Å². The summed E-state index contributed by atoms with van der Waals surface area (Å²) >= 11 is 0. The predicted molar refractivity (Wildman–Crippen MR) is 136 cm³/mol. The van der Waals surface area contributed by atoms with Crippen molar-refractivity contribution in [3.8, 4) is 0 Å². The van der Waals surface area contributed by atoms with Crippen molar-refractivity contribution in [2.24, 2.45) is 4.99 Å². The Morgan fingerprint density at radius 3 is 2.70 bits per heavy atom. The van der Waals surface area contributed by atoms with E-state index in [4.69, 9.17) is 9.73 Å². The standard InChI is InChI=1S/C23H39N5O.HI/c1-4-24-23(25-17-21-10-7-11-27(21)5-2)26-18-22(28-12-14-29-15-13-28)20-9-6-8-19(3)16-20;/h6,8-9,16,21-22H,4-5,7,10-15,17-18H2,1-3H3,(H2,24,25,26);1H. The second-order valence-electron chi connectivity index (χ2n) is 8.10. The molecule has 0 aliphatic carbocycles. The molecule has 7 heteroatoms. The van der Waals surface area contributed by atoms with Gasteiger partial charge < -0.3 is 15.4 Å². The lowest BCUT2D eigenvalue weighted by Crippen LogP contribution is -2.45. The smallest absolute Gasteiger partial charge is 0.191 e. The van der Waals surface area contributed by atoms with Gasteiger partial charge in [0.25, 0.3) is 0 Å². The summed E-state index contributed by atoms with van der Waals surface area (Å²) in [5.74, 6) is 0.932. The predicted octanol–water partition coefficient (Wildman–Crippen LogP) is 3.03. The molecule has 2 saturated heterocycles. The third kappa shape index (κ3) is 7.35. The molecule has 30 heavy (non-hydrogen) atoms. The number of likely N-dealkylation sites (N-methyl/N-ethyl adjacent to an activating group) is 1. The van der Waals surface area contributed by atoms with Crippen molar-refractivity contribution in [2.45, 2.75) is 45.7 Å². The van der Waals surface area contributed by atoms with Crippen LogP contribution in [0.4, 0.5) is 0 Å². The highest BCUT2D eigenvalue weighted by atomic mass is 127. The van der Waals surface area contributed by atoms with Gasteiger partial charge in [-0.15, -0.1) is 24.0 Å². The molecule has 2 N–H and O–H groups in total. The SMILES string of the molecule is CCNC(=NCC(c1cccc(C)c1)N1CCOCC1)NCC1CCCN1CC.I. The summed E-state index contributed by atoms with van der Waals surface area (Å²) in [6.07, 6.45) is 2.58. The first-order chi connectivity index (χ1) is 14.2. The van der Waals surface area contributed by atoms with Crippen molar-refractivity contribution in [3.05, 3.63) is 35.4 Å². The highest BCUT2D eigenvalue weighted by molar-refractivity contribution is 14.0. The van der Waals surface area contributed by atoms with Crippen LogP contribution in [-0.4, -0.2) is 80.8 Å². The van der Waals surface area contributed by atoms with Crippen LogP contribution >= 0.6 is 24.0 Å². The van der Waals surface area contributed by atoms with Crippen LogP contribution in [0.3, 0.4) is 0 Å². The molecule has 0 aromatic heterocycles. The Bertz CT molecular complexity index is 650. The second-order valence-corrected chi connectivity index (χ2v) is 8.10. The molecule has 170 valence electrons. The number of aryl methyl sites for hydroxylation is 1. The van der Waals surface area contributed by atoms with Crippen molar-refractivity contribution in [3.63, 3.8) is 0 Å². The average molecular weight is 530 g/mol. The monoisotopic (exact) mass is 529 g/mol. The Morgan fingerprint density at radius 2 is 2.00 bits per heavy atom. The number of aliphatic imine (C=N–C) groups is 1. The van der Waals surface area contributed by atoms with Gasteiger partial charge in [-0.2, -0.15) is 0 Å². The molecule has 2 atom stereocenters. The molecule has 1 aromatic rings. The lowest BCUT2D eigenvalue weighted by Gasteiger charge is -2.34. The summed E-state index contributed by atoms with van der Waals surface area (Å²) < 4.78 is 5.58. The van der Waals surface area contributed by atoms with E-state index in [0.29, 0.717) is 6.04 Å². The molecule has 0 saturated carbocycles. The third-order valence-electron chi connectivity index (χ3n) is 6.09. The minimum atomic E-state index is 0. The molecule has 2 heterocycles. The van der Waals surface area contributed by atoms with Gasteiger partial charge in [-0.05, 0) is 45.3 Å². The molecule has 0 amide bonds. The van der Waals surface area contributed by atoms with E-state index in [9.17, 15) is 0 Å². The summed E-state index contributed by atoms with van der Waals surface area (Å²) in [6, 6.07) is 9.76.